The fourth-order valence-electron chi connectivity index (χ4n) is 1.58. The van der Waals surface area contributed by atoms with Crippen LogP contribution >= 0.6 is 11.6 Å². The molecule has 19 heavy (non-hydrogen) atoms. The largest absolute Gasteiger partial charge is 0.368 e. The summed E-state index contributed by atoms with van der Waals surface area (Å²) in [5, 5.41) is 11.7. The standard InChI is InChI=1S/C13H14ClN3O2/c1-8(6-7-15)11(12(16)18)17-13(19)9-2-4-10(14)5-3-9/h2-5,8,11H,6H2,1H3,(H2,16,18)(H,17,19)/t8-,11+/m1/s1. The van der Waals surface area contributed by atoms with E-state index in [-0.39, 0.29) is 12.3 Å². The third-order valence-electron chi connectivity index (χ3n) is 2.68. The molecular weight excluding hydrogens is 266 g/mol. The molecule has 2 amide bonds. The zero-order chi connectivity index (χ0) is 14.4. The van der Waals surface area contributed by atoms with Crippen molar-refractivity contribution in [3.63, 3.8) is 0 Å². The molecule has 0 aliphatic heterocycles. The van der Waals surface area contributed by atoms with Gasteiger partial charge in [0, 0.05) is 17.0 Å². The molecule has 0 spiro atoms. The first-order valence-corrected chi connectivity index (χ1v) is 6.06. The van der Waals surface area contributed by atoms with Crippen molar-refractivity contribution in [3.05, 3.63) is 34.9 Å². The van der Waals surface area contributed by atoms with Crippen LogP contribution in [0.2, 0.25) is 5.02 Å². The number of carbonyl (C=O) groups is 2. The Labute approximate surface area is 116 Å². The maximum absolute atomic E-state index is 11.9. The molecule has 6 heteroatoms. The van der Waals surface area contributed by atoms with Crippen molar-refractivity contribution in [1.82, 2.24) is 5.32 Å². The normalized spacial score (nSPS) is 13.1. The molecule has 1 aromatic carbocycles. The van der Waals surface area contributed by atoms with Gasteiger partial charge >= 0.3 is 0 Å². The fourth-order valence-corrected chi connectivity index (χ4v) is 1.71. The minimum atomic E-state index is -0.872. The highest BCUT2D eigenvalue weighted by molar-refractivity contribution is 6.30. The molecule has 0 fully saturated rings. The zero-order valence-electron chi connectivity index (χ0n) is 10.4. The summed E-state index contributed by atoms with van der Waals surface area (Å²) in [7, 11) is 0. The smallest absolute Gasteiger partial charge is 0.251 e. The number of benzene rings is 1. The average Bonchev–Trinajstić information content (AvgIpc) is 2.36. The monoisotopic (exact) mass is 279 g/mol. The van der Waals surface area contributed by atoms with Crippen LogP contribution in [0.5, 0.6) is 0 Å². The molecule has 0 heterocycles. The molecule has 0 radical (unpaired) electrons. The second-order valence-electron chi connectivity index (χ2n) is 4.20. The van der Waals surface area contributed by atoms with E-state index >= 15 is 0 Å². The van der Waals surface area contributed by atoms with Crippen molar-refractivity contribution < 1.29 is 9.59 Å². The van der Waals surface area contributed by atoms with Crippen LogP contribution in [0.4, 0.5) is 0 Å². The van der Waals surface area contributed by atoms with Gasteiger partial charge in [-0.2, -0.15) is 5.26 Å². The number of hydrogen-bond donors (Lipinski definition) is 2. The summed E-state index contributed by atoms with van der Waals surface area (Å²) in [6.07, 6.45) is 0.133. The summed E-state index contributed by atoms with van der Waals surface area (Å²) in [6.45, 7) is 1.68. The van der Waals surface area contributed by atoms with E-state index in [9.17, 15) is 9.59 Å². The lowest BCUT2D eigenvalue weighted by Gasteiger charge is -2.20. The second kappa shape index (κ2) is 6.76. The van der Waals surface area contributed by atoms with Gasteiger partial charge in [-0.25, -0.2) is 0 Å². The quantitative estimate of drug-likeness (QED) is 0.854. The van der Waals surface area contributed by atoms with E-state index < -0.39 is 17.9 Å². The minimum Gasteiger partial charge on any atom is -0.368 e. The molecule has 5 nitrogen and oxygen atoms in total. The average molecular weight is 280 g/mol. The van der Waals surface area contributed by atoms with Crippen LogP contribution < -0.4 is 11.1 Å². The van der Waals surface area contributed by atoms with Crippen LogP contribution in [-0.2, 0) is 4.79 Å². The summed E-state index contributed by atoms with van der Waals surface area (Å²) in [6, 6.07) is 7.32. The number of rotatable bonds is 5. The first-order chi connectivity index (χ1) is 8.95. The van der Waals surface area contributed by atoms with Gasteiger partial charge in [0.2, 0.25) is 5.91 Å². The maximum Gasteiger partial charge on any atom is 0.251 e. The van der Waals surface area contributed by atoms with Crippen molar-refractivity contribution in [2.24, 2.45) is 11.7 Å². The number of nitrogens with zero attached hydrogens (tertiary/aromatic N) is 1. The minimum absolute atomic E-state index is 0.133. The van der Waals surface area contributed by atoms with Crippen LogP contribution in [0, 0.1) is 17.2 Å². The van der Waals surface area contributed by atoms with Crippen LogP contribution in [0.1, 0.15) is 23.7 Å². The third-order valence-corrected chi connectivity index (χ3v) is 2.93. The molecule has 3 N–H and O–H groups in total. The molecule has 0 aromatic heterocycles. The molecule has 0 bridgehead atoms. The summed E-state index contributed by atoms with van der Waals surface area (Å²) in [5.41, 5.74) is 5.61. The van der Waals surface area contributed by atoms with Gasteiger partial charge in [0.15, 0.2) is 0 Å². The van der Waals surface area contributed by atoms with Gasteiger partial charge in [-0.3, -0.25) is 9.59 Å². The van der Waals surface area contributed by atoms with Crippen molar-refractivity contribution in [1.29, 1.82) is 5.26 Å². The van der Waals surface area contributed by atoms with Gasteiger partial charge in [-0.05, 0) is 30.2 Å². The highest BCUT2D eigenvalue weighted by atomic mass is 35.5. The molecule has 1 rings (SSSR count). The third kappa shape index (κ3) is 4.27. The summed E-state index contributed by atoms with van der Waals surface area (Å²) in [4.78, 5) is 23.2. The Bertz CT molecular complexity index is 508. The summed E-state index contributed by atoms with van der Waals surface area (Å²) in [5.74, 6) is -1.44. The summed E-state index contributed by atoms with van der Waals surface area (Å²) >= 11 is 5.72. The Morgan fingerprint density at radius 2 is 2.00 bits per heavy atom. The van der Waals surface area contributed by atoms with E-state index in [1.54, 1.807) is 31.2 Å². The number of nitrogens with two attached hydrogens (primary N) is 1. The van der Waals surface area contributed by atoms with E-state index in [1.807, 2.05) is 6.07 Å². The van der Waals surface area contributed by atoms with Gasteiger partial charge in [-0.1, -0.05) is 18.5 Å². The van der Waals surface area contributed by atoms with E-state index in [2.05, 4.69) is 5.32 Å². The van der Waals surface area contributed by atoms with E-state index in [1.165, 1.54) is 0 Å². The number of nitriles is 1. The highest BCUT2D eigenvalue weighted by Crippen LogP contribution is 2.11. The Morgan fingerprint density at radius 3 is 2.47 bits per heavy atom. The van der Waals surface area contributed by atoms with Gasteiger partial charge in [0.1, 0.15) is 6.04 Å². The van der Waals surface area contributed by atoms with Gasteiger partial charge in [-0.15, -0.1) is 0 Å². The maximum atomic E-state index is 11.9. The molecule has 1 aromatic rings. The lowest BCUT2D eigenvalue weighted by Crippen LogP contribution is -2.48. The predicted molar refractivity (Wildman–Crippen MR) is 71.3 cm³/mol. The lowest BCUT2D eigenvalue weighted by atomic mass is 9.98. The van der Waals surface area contributed by atoms with Gasteiger partial charge in [0.05, 0.1) is 6.07 Å². The van der Waals surface area contributed by atoms with Crippen LogP contribution in [0.15, 0.2) is 24.3 Å². The number of primary amides is 1. The molecule has 0 aliphatic rings. The first kappa shape index (κ1) is 15.0. The first-order valence-electron chi connectivity index (χ1n) is 5.68. The molecule has 0 aliphatic carbocycles. The van der Waals surface area contributed by atoms with E-state index in [4.69, 9.17) is 22.6 Å². The molecule has 0 saturated heterocycles. The number of nitrogens with one attached hydrogen (secondary N) is 1. The Balaban J connectivity index is 2.80. The van der Waals surface area contributed by atoms with E-state index in [0.717, 1.165) is 0 Å². The number of hydrogen-bond acceptors (Lipinski definition) is 3. The van der Waals surface area contributed by atoms with Crippen molar-refractivity contribution >= 4 is 23.4 Å². The predicted octanol–water partition coefficient (Wildman–Crippen LogP) is 1.47. The number of halogens is 1. The van der Waals surface area contributed by atoms with Crippen molar-refractivity contribution in [2.45, 2.75) is 19.4 Å². The Hall–Kier alpha value is -2.06. The fraction of sp³-hybridized carbons (Fsp3) is 0.308. The van der Waals surface area contributed by atoms with Crippen LogP contribution in [0.25, 0.3) is 0 Å². The van der Waals surface area contributed by atoms with Crippen molar-refractivity contribution in [3.8, 4) is 6.07 Å². The number of carbonyl (C=O) groups excluding carboxylic acids is 2. The molecule has 0 unspecified atom stereocenters. The SMILES string of the molecule is C[C@H](CC#N)[C@H](NC(=O)c1ccc(Cl)cc1)C(N)=O. The summed E-state index contributed by atoms with van der Waals surface area (Å²) < 4.78 is 0. The Kier molecular flexibility index (Phi) is 5.34. The molecule has 100 valence electrons. The molecular formula is C13H14ClN3O2. The topological polar surface area (TPSA) is 96.0 Å². The van der Waals surface area contributed by atoms with Gasteiger partial charge < -0.3 is 11.1 Å². The molecule has 0 saturated carbocycles. The highest BCUT2D eigenvalue weighted by Gasteiger charge is 2.25. The molecule has 2 atom stereocenters. The zero-order valence-corrected chi connectivity index (χ0v) is 11.1. The second-order valence-corrected chi connectivity index (χ2v) is 4.64. The van der Waals surface area contributed by atoms with Crippen LogP contribution in [0.3, 0.4) is 0 Å². The van der Waals surface area contributed by atoms with E-state index in [0.29, 0.717) is 10.6 Å². The Morgan fingerprint density at radius 1 is 1.42 bits per heavy atom. The van der Waals surface area contributed by atoms with Crippen LogP contribution in [-0.4, -0.2) is 17.9 Å². The van der Waals surface area contributed by atoms with Gasteiger partial charge in [0.25, 0.3) is 5.91 Å². The lowest BCUT2D eigenvalue weighted by molar-refractivity contribution is -0.120. The van der Waals surface area contributed by atoms with Crippen molar-refractivity contribution in [2.75, 3.05) is 0 Å². The number of amides is 2.